The van der Waals surface area contributed by atoms with Crippen molar-refractivity contribution in [1.82, 2.24) is 19.3 Å². The lowest BCUT2D eigenvalue weighted by atomic mass is 10.2. The Labute approximate surface area is 170 Å². The summed E-state index contributed by atoms with van der Waals surface area (Å²) in [6, 6.07) is 8.86. The highest BCUT2D eigenvalue weighted by Crippen LogP contribution is 2.25. The molecule has 0 radical (unpaired) electrons. The number of hydrogen-bond acceptors (Lipinski definition) is 7. The summed E-state index contributed by atoms with van der Waals surface area (Å²) in [6.45, 7) is 2.02. The van der Waals surface area contributed by atoms with E-state index < -0.39 is 10.0 Å². The van der Waals surface area contributed by atoms with E-state index in [9.17, 15) is 8.42 Å². The first-order chi connectivity index (χ1) is 13.5. The predicted octanol–water partition coefficient (Wildman–Crippen LogP) is 3.36. The van der Waals surface area contributed by atoms with Gasteiger partial charge in [0.1, 0.15) is 5.75 Å². The van der Waals surface area contributed by atoms with E-state index in [1.807, 2.05) is 22.9 Å². The number of hydrogen-bond donors (Lipinski definition) is 1. The molecule has 0 saturated heterocycles. The molecule has 28 heavy (non-hydrogen) atoms. The molecule has 4 aromatic rings. The summed E-state index contributed by atoms with van der Waals surface area (Å²) in [5, 5.41) is 8.50. The van der Waals surface area contributed by atoms with Crippen LogP contribution in [-0.2, 0) is 16.4 Å². The molecule has 0 spiro atoms. The molecule has 1 aromatic carbocycles. The zero-order valence-electron chi connectivity index (χ0n) is 15.2. The Balaban J connectivity index is 1.47. The summed E-state index contributed by atoms with van der Waals surface area (Å²) in [5.74, 6) is 1.32. The number of sulfonamides is 1. The highest BCUT2D eigenvalue weighted by Gasteiger charge is 2.18. The van der Waals surface area contributed by atoms with Gasteiger partial charge >= 0.3 is 0 Å². The normalized spacial score (nSPS) is 11.9. The topological polar surface area (TPSA) is 85.6 Å². The number of benzene rings is 1. The number of thiazole rings is 1. The van der Waals surface area contributed by atoms with Gasteiger partial charge in [-0.1, -0.05) is 6.07 Å². The van der Waals surface area contributed by atoms with Gasteiger partial charge in [-0.2, -0.15) is 4.98 Å². The van der Waals surface area contributed by atoms with E-state index in [1.165, 1.54) is 11.3 Å². The van der Waals surface area contributed by atoms with Gasteiger partial charge in [0.05, 0.1) is 22.6 Å². The van der Waals surface area contributed by atoms with Gasteiger partial charge in [-0.25, -0.2) is 17.7 Å². The lowest BCUT2D eigenvalue weighted by Crippen LogP contribution is -2.27. The molecular formula is C18H18N4O3S3. The van der Waals surface area contributed by atoms with Crippen LogP contribution in [0.3, 0.4) is 0 Å². The van der Waals surface area contributed by atoms with Crippen LogP contribution in [0.25, 0.3) is 15.7 Å². The standard InChI is InChI=1S/C18H18N4O3S3/c1-12-10-14(25-2)5-6-16(12)28(23,24)19-8-7-13-11-27-18-20-17(21-22(13)18)15-4-3-9-26-15/h3-6,9-11,19H,7-8H2,1-2H3. The first-order valence-electron chi connectivity index (χ1n) is 8.49. The van der Waals surface area contributed by atoms with Gasteiger partial charge in [0, 0.05) is 18.3 Å². The molecule has 0 bridgehead atoms. The summed E-state index contributed by atoms with van der Waals surface area (Å²) < 4.78 is 34.8. The van der Waals surface area contributed by atoms with E-state index >= 15 is 0 Å². The number of nitrogens with zero attached hydrogens (tertiary/aromatic N) is 3. The second-order valence-corrected chi connectivity index (χ2v) is 9.63. The minimum Gasteiger partial charge on any atom is -0.497 e. The number of ether oxygens (including phenoxy) is 1. The van der Waals surface area contributed by atoms with E-state index in [1.54, 1.807) is 48.1 Å². The Kier molecular flexibility index (Phi) is 5.19. The van der Waals surface area contributed by atoms with Crippen molar-refractivity contribution in [3.8, 4) is 16.5 Å². The van der Waals surface area contributed by atoms with Crippen LogP contribution in [0.2, 0.25) is 0 Å². The summed E-state index contributed by atoms with van der Waals surface area (Å²) in [6.07, 6.45) is 0.516. The van der Waals surface area contributed by atoms with Crippen molar-refractivity contribution in [3.05, 3.63) is 52.3 Å². The molecule has 3 heterocycles. The first-order valence-corrected chi connectivity index (χ1v) is 11.7. The Hall–Kier alpha value is -2.27. The fourth-order valence-electron chi connectivity index (χ4n) is 2.85. The fraction of sp³-hybridized carbons (Fsp3) is 0.222. The van der Waals surface area contributed by atoms with Gasteiger partial charge in [-0.05, 0) is 42.1 Å². The number of rotatable bonds is 7. The van der Waals surface area contributed by atoms with Crippen molar-refractivity contribution in [3.63, 3.8) is 0 Å². The van der Waals surface area contributed by atoms with E-state index in [-0.39, 0.29) is 11.4 Å². The largest absolute Gasteiger partial charge is 0.497 e. The van der Waals surface area contributed by atoms with Crippen molar-refractivity contribution in [2.24, 2.45) is 0 Å². The van der Waals surface area contributed by atoms with Crippen molar-refractivity contribution in [2.45, 2.75) is 18.2 Å². The minimum absolute atomic E-state index is 0.254. The third kappa shape index (κ3) is 3.68. The van der Waals surface area contributed by atoms with Crippen LogP contribution in [0, 0.1) is 6.92 Å². The van der Waals surface area contributed by atoms with E-state index in [2.05, 4.69) is 14.8 Å². The molecular weight excluding hydrogens is 416 g/mol. The van der Waals surface area contributed by atoms with Crippen molar-refractivity contribution >= 4 is 37.7 Å². The number of aryl methyl sites for hydroxylation is 1. The van der Waals surface area contributed by atoms with Crippen LogP contribution in [0.4, 0.5) is 0 Å². The van der Waals surface area contributed by atoms with Crippen molar-refractivity contribution < 1.29 is 13.2 Å². The van der Waals surface area contributed by atoms with Crippen LogP contribution in [0.5, 0.6) is 5.75 Å². The minimum atomic E-state index is -3.60. The molecule has 1 N–H and O–H groups in total. The zero-order chi connectivity index (χ0) is 19.7. The van der Waals surface area contributed by atoms with Gasteiger partial charge in [-0.3, -0.25) is 0 Å². The van der Waals surface area contributed by atoms with E-state index in [0.717, 1.165) is 15.5 Å². The lowest BCUT2D eigenvalue weighted by molar-refractivity contribution is 0.414. The highest BCUT2D eigenvalue weighted by atomic mass is 32.2. The molecule has 0 saturated carbocycles. The molecule has 0 aliphatic carbocycles. The van der Waals surface area contributed by atoms with E-state index in [4.69, 9.17) is 4.74 Å². The van der Waals surface area contributed by atoms with Crippen LogP contribution in [0.1, 0.15) is 11.3 Å². The maximum atomic E-state index is 12.6. The molecule has 146 valence electrons. The quantitative estimate of drug-likeness (QED) is 0.482. The summed E-state index contributed by atoms with van der Waals surface area (Å²) >= 11 is 3.08. The molecule has 0 amide bonds. The fourth-order valence-corrected chi connectivity index (χ4v) is 5.61. The van der Waals surface area contributed by atoms with Crippen molar-refractivity contribution in [1.29, 1.82) is 0 Å². The van der Waals surface area contributed by atoms with Crippen LogP contribution < -0.4 is 9.46 Å². The van der Waals surface area contributed by atoms with Crippen LogP contribution in [0.15, 0.2) is 46.0 Å². The molecule has 0 atom stereocenters. The molecule has 0 unspecified atom stereocenters. The van der Waals surface area contributed by atoms with Gasteiger partial charge in [0.25, 0.3) is 0 Å². The predicted molar refractivity (Wildman–Crippen MR) is 111 cm³/mol. The zero-order valence-corrected chi connectivity index (χ0v) is 17.7. The molecule has 0 aliphatic heterocycles. The van der Waals surface area contributed by atoms with Gasteiger partial charge in [0.2, 0.25) is 15.0 Å². The van der Waals surface area contributed by atoms with Crippen LogP contribution in [-0.4, -0.2) is 36.7 Å². The number of nitrogens with one attached hydrogen (secondary N) is 1. The van der Waals surface area contributed by atoms with Crippen molar-refractivity contribution in [2.75, 3.05) is 13.7 Å². The molecule has 7 nitrogen and oxygen atoms in total. The highest BCUT2D eigenvalue weighted by molar-refractivity contribution is 7.89. The number of aromatic nitrogens is 3. The molecule has 10 heteroatoms. The SMILES string of the molecule is COc1ccc(S(=O)(=O)NCCc2csc3nc(-c4cccs4)nn23)c(C)c1. The van der Waals surface area contributed by atoms with Gasteiger partial charge < -0.3 is 4.74 Å². The monoisotopic (exact) mass is 434 g/mol. The Bertz CT molecular complexity index is 1210. The molecule has 4 rings (SSSR count). The number of fused-ring (bicyclic) bond motifs is 1. The molecule has 0 fully saturated rings. The number of methoxy groups -OCH3 is 1. The van der Waals surface area contributed by atoms with Crippen LogP contribution >= 0.6 is 22.7 Å². The summed E-state index contributed by atoms with van der Waals surface area (Å²) in [7, 11) is -2.05. The third-order valence-corrected chi connectivity index (χ3v) is 7.59. The molecule has 0 aliphatic rings. The molecule has 3 aromatic heterocycles. The van der Waals surface area contributed by atoms with Gasteiger partial charge in [0.15, 0.2) is 5.82 Å². The number of thiophene rings is 1. The third-order valence-electron chi connectivity index (χ3n) is 4.24. The average Bonchev–Trinajstić information content (AvgIpc) is 3.39. The van der Waals surface area contributed by atoms with Gasteiger partial charge in [-0.15, -0.1) is 27.8 Å². The smallest absolute Gasteiger partial charge is 0.240 e. The maximum absolute atomic E-state index is 12.6. The second-order valence-electron chi connectivity index (χ2n) is 6.11. The Morgan fingerprint density at radius 3 is 2.82 bits per heavy atom. The summed E-state index contributed by atoms with van der Waals surface area (Å²) in [4.78, 5) is 6.60. The summed E-state index contributed by atoms with van der Waals surface area (Å²) in [5.41, 5.74) is 1.56. The first kappa shape index (κ1) is 19.1. The Morgan fingerprint density at radius 2 is 2.11 bits per heavy atom. The Morgan fingerprint density at radius 1 is 1.25 bits per heavy atom. The average molecular weight is 435 g/mol. The van der Waals surface area contributed by atoms with E-state index in [0.29, 0.717) is 23.6 Å². The second kappa shape index (κ2) is 7.63. The lowest BCUT2D eigenvalue weighted by Gasteiger charge is -2.10. The maximum Gasteiger partial charge on any atom is 0.240 e.